The summed E-state index contributed by atoms with van der Waals surface area (Å²) in [7, 11) is -3.09. The molecule has 0 spiro atoms. The van der Waals surface area contributed by atoms with E-state index in [-0.39, 0.29) is 36.4 Å². The second-order valence-electron chi connectivity index (χ2n) is 7.31. The van der Waals surface area contributed by atoms with Crippen LogP contribution in [0.25, 0.3) is 0 Å². The lowest BCUT2D eigenvalue weighted by Gasteiger charge is -2.25. The van der Waals surface area contributed by atoms with Crippen molar-refractivity contribution in [1.82, 2.24) is 10.2 Å². The number of likely N-dealkylation sites (tertiary alicyclic amines) is 1. The normalized spacial score (nSPS) is 24.8. The third kappa shape index (κ3) is 4.89. The van der Waals surface area contributed by atoms with E-state index in [0.29, 0.717) is 6.42 Å². The Morgan fingerprint density at radius 2 is 2.00 bits per heavy atom. The predicted molar refractivity (Wildman–Crippen MR) is 101 cm³/mol. The third-order valence-electron chi connectivity index (χ3n) is 5.18. The van der Waals surface area contributed by atoms with Gasteiger partial charge in [-0.1, -0.05) is 30.3 Å². The molecule has 8 nitrogen and oxygen atoms in total. The number of esters is 1. The Balaban J connectivity index is 1.47. The molecule has 3 atom stereocenters. The summed E-state index contributed by atoms with van der Waals surface area (Å²) in [6.45, 7) is 1.68. The molecule has 3 rings (SSSR count). The molecule has 2 amide bonds. The molecule has 28 heavy (non-hydrogen) atoms. The largest absolute Gasteiger partial charge is 0.455 e. The Hall–Kier alpha value is -2.42. The minimum absolute atomic E-state index is 0.0529. The van der Waals surface area contributed by atoms with Gasteiger partial charge < -0.3 is 15.0 Å². The van der Waals surface area contributed by atoms with Gasteiger partial charge in [-0.2, -0.15) is 0 Å². The SMILES string of the molecule is C[C@H](c1ccccc1)N1C[C@H](C(=O)OCC(=O)N[C@@H]2CCS(=O)(=O)C2)CC1=O. The highest BCUT2D eigenvalue weighted by Crippen LogP contribution is 2.28. The average molecular weight is 408 g/mol. The van der Waals surface area contributed by atoms with E-state index in [1.165, 1.54) is 0 Å². The molecule has 2 heterocycles. The molecule has 0 aliphatic carbocycles. The number of benzene rings is 1. The van der Waals surface area contributed by atoms with Crippen molar-refractivity contribution in [2.75, 3.05) is 24.7 Å². The Labute approximate surface area is 164 Å². The smallest absolute Gasteiger partial charge is 0.311 e. The highest BCUT2D eigenvalue weighted by atomic mass is 32.2. The summed E-state index contributed by atoms with van der Waals surface area (Å²) in [5.74, 6) is -1.90. The first-order valence-corrected chi connectivity index (χ1v) is 11.1. The van der Waals surface area contributed by atoms with Gasteiger partial charge in [0, 0.05) is 19.0 Å². The van der Waals surface area contributed by atoms with Crippen molar-refractivity contribution in [3.63, 3.8) is 0 Å². The van der Waals surface area contributed by atoms with Crippen LogP contribution >= 0.6 is 0 Å². The molecular weight excluding hydrogens is 384 g/mol. The van der Waals surface area contributed by atoms with Crippen LogP contribution in [0.3, 0.4) is 0 Å². The van der Waals surface area contributed by atoms with E-state index < -0.39 is 40.3 Å². The Bertz CT molecular complexity index is 854. The summed E-state index contributed by atoms with van der Waals surface area (Å²) >= 11 is 0. The molecule has 1 aromatic carbocycles. The van der Waals surface area contributed by atoms with E-state index in [4.69, 9.17) is 4.74 Å². The average Bonchev–Trinajstić information content (AvgIpc) is 3.21. The monoisotopic (exact) mass is 408 g/mol. The van der Waals surface area contributed by atoms with Crippen molar-refractivity contribution < 1.29 is 27.5 Å². The molecule has 0 unspecified atom stereocenters. The van der Waals surface area contributed by atoms with Crippen LogP contribution in [-0.2, 0) is 29.0 Å². The van der Waals surface area contributed by atoms with Gasteiger partial charge in [-0.3, -0.25) is 14.4 Å². The molecule has 2 aliphatic heterocycles. The second kappa shape index (κ2) is 8.30. The molecule has 9 heteroatoms. The summed E-state index contributed by atoms with van der Waals surface area (Å²) in [5.41, 5.74) is 0.982. The van der Waals surface area contributed by atoms with Crippen molar-refractivity contribution in [2.24, 2.45) is 5.92 Å². The van der Waals surface area contributed by atoms with Crippen LogP contribution in [0.15, 0.2) is 30.3 Å². The lowest BCUT2D eigenvalue weighted by molar-refractivity contribution is -0.152. The first kappa shape index (κ1) is 20.3. The van der Waals surface area contributed by atoms with Gasteiger partial charge in [-0.05, 0) is 18.9 Å². The molecule has 152 valence electrons. The molecule has 0 bridgehead atoms. The van der Waals surface area contributed by atoms with Gasteiger partial charge >= 0.3 is 5.97 Å². The molecule has 1 aromatic rings. The number of rotatable bonds is 6. The van der Waals surface area contributed by atoms with E-state index in [0.717, 1.165) is 5.56 Å². The zero-order chi connectivity index (χ0) is 20.3. The summed E-state index contributed by atoms with van der Waals surface area (Å²) in [6, 6.07) is 8.95. The first-order valence-electron chi connectivity index (χ1n) is 9.26. The van der Waals surface area contributed by atoms with E-state index in [1.807, 2.05) is 37.3 Å². The fraction of sp³-hybridized carbons (Fsp3) is 0.526. The zero-order valence-corrected chi connectivity index (χ0v) is 16.5. The van der Waals surface area contributed by atoms with Crippen molar-refractivity contribution in [3.05, 3.63) is 35.9 Å². The first-order chi connectivity index (χ1) is 13.2. The van der Waals surface area contributed by atoms with Crippen molar-refractivity contribution in [1.29, 1.82) is 0 Å². The van der Waals surface area contributed by atoms with Crippen LogP contribution in [0.5, 0.6) is 0 Å². The number of carbonyl (C=O) groups is 3. The minimum Gasteiger partial charge on any atom is -0.455 e. The number of nitrogens with one attached hydrogen (secondary N) is 1. The predicted octanol–water partition coefficient (Wildman–Crippen LogP) is 0.443. The molecular formula is C19H24N2O6S. The Kier molecular flexibility index (Phi) is 6.02. The number of hydrogen-bond donors (Lipinski definition) is 1. The van der Waals surface area contributed by atoms with Gasteiger partial charge in [0.25, 0.3) is 5.91 Å². The Morgan fingerprint density at radius 1 is 1.29 bits per heavy atom. The summed E-state index contributed by atoms with van der Waals surface area (Å²) < 4.78 is 27.9. The summed E-state index contributed by atoms with van der Waals surface area (Å²) in [6.07, 6.45) is 0.421. The highest BCUT2D eigenvalue weighted by Gasteiger charge is 2.38. The molecule has 1 N–H and O–H groups in total. The maximum atomic E-state index is 12.3. The summed E-state index contributed by atoms with van der Waals surface area (Å²) in [5, 5.41) is 2.57. The van der Waals surface area contributed by atoms with Gasteiger partial charge in [0.05, 0.1) is 23.5 Å². The molecule has 2 fully saturated rings. The van der Waals surface area contributed by atoms with Gasteiger partial charge in [0.15, 0.2) is 16.4 Å². The fourth-order valence-corrected chi connectivity index (χ4v) is 5.28. The number of carbonyl (C=O) groups excluding carboxylic acids is 3. The van der Waals surface area contributed by atoms with Crippen molar-refractivity contribution in [2.45, 2.75) is 31.8 Å². The lowest BCUT2D eigenvalue weighted by atomic mass is 10.1. The number of sulfone groups is 1. The number of hydrogen-bond acceptors (Lipinski definition) is 6. The van der Waals surface area contributed by atoms with Crippen LogP contribution in [-0.4, -0.2) is 61.8 Å². The van der Waals surface area contributed by atoms with E-state index in [9.17, 15) is 22.8 Å². The quantitative estimate of drug-likeness (QED) is 0.684. The summed E-state index contributed by atoms with van der Waals surface area (Å²) in [4.78, 5) is 38.1. The van der Waals surface area contributed by atoms with Crippen LogP contribution in [0.4, 0.5) is 0 Å². The standard InChI is InChI=1S/C19H24N2O6S/c1-13(14-5-3-2-4-6-14)21-10-15(9-18(21)23)19(24)27-11-17(22)20-16-7-8-28(25,26)12-16/h2-6,13,15-16H,7-12H2,1H3,(H,20,22)/t13-,15-,16-/m1/s1. The van der Waals surface area contributed by atoms with E-state index in [1.54, 1.807) is 4.90 Å². The fourth-order valence-electron chi connectivity index (χ4n) is 3.61. The zero-order valence-electron chi connectivity index (χ0n) is 15.7. The van der Waals surface area contributed by atoms with E-state index >= 15 is 0 Å². The highest BCUT2D eigenvalue weighted by molar-refractivity contribution is 7.91. The van der Waals surface area contributed by atoms with Crippen molar-refractivity contribution >= 4 is 27.6 Å². The van der Waals surface area contributed by atoms with Gasteiger partial charge in [0.2, 0.25) is 5.91 Å². The third-order valence-corrected chi connectivity index (χ3v) is 6.95. The molecule has 2 saturated heterocycles. The number of amides is 2. The van der Waals surface area contributed by atoms with Crippen LogP contribution < -0.4 is 5.32 Å². The second-order valence-corrected chi connectivity index (χ2v) is 9.54. The molecule has 0 radical (unpaired) electrons. The van der Waals surface area contributed by atoms with Crippen LogP contribution in [0.1, 0.15) is 31.4 Å². The maximum absolute atomic E-state index is 12.3. The lowest BCUT2D eigenvalue weighted by Crippen LogP contribution is -2.39. The van der Waals surface area contributed by atoms with Crippen LogP contribution in [0.2, 0.25) is 0 Å². The van der Waals surface area contributed by atoms with Crippen molar-refractivity contribution in [3.8, 4) is 0 Å². The van der Waals surface area contributed by atoms with Crippen LogP contribution in [0, 0.1) is 5.92 Å². The molecule has 2 aliphatic rings. The van der Waals surface area contributed by atoms with Gasteiger partial charge in [0.1, 0.15) is 0 Å². The molecule has 0 aromatic heterocycles. The Morgan fingerprint density at radius 3 is 2.64 bits per heavy atom. The van der Waals surface area contributed by atoms with E-state index in [2.05, 4.69) is 5.32 Å². The molecule has 0 saturated carbocycles. The van der Waals surface area contributed by atoms with Gasteiger partial charge in [-0.25, -0.2) is 8.42 Å². The topological polar surface area (TPSA) is 110 Å². The number of nitrogens with zero attached hydrogens (tertiary/aromatic N) is 1. The maximum Gasteiger partial charge on any atom is 0.311 e. The number of ether oxygens (including phenoxy) is 1. The minimum atomic E-state index is -3.09. The van der Waals surface area contributed by atoms with Gasteiger partial charge in [-0.15, -0.1) is 0 Å².